The molecule has 1 heterocycles. The first-order valence-corrected chi connectivity index (χ1v) is 9.36. The third kappa shape index (κ3) is 5.26. The van der Waals surface area contributed by atoms with Gasteiger partial charge in [-0.1, -0.05) is 6.07 Å². The van der Waals surface area contributed by atoms with Crippen molar-refractivity contribution in [1.82, 2.24) is 5.32 Å². The molecule has 2 N–H and O–H groups in total. The van der Waals surface area contributed by atoms with E-state index in [-0.39, 0.29) is 12.5 Å². The summed E-state index contributed by atoms with van der Waals surface area (Å²) in [6, 6.07) is 10.9. The van der Waals surface area contributed by atoms with E-state index in [1.807, 2.05) is 24.3 Å². The van der Waals surface area contributed by atoms with Crippen molar-refractivity contribution in [2.45, 2.75) is 32.2 Å². The molecule has 1 atom stereocenters. The first-order chi connectivity index (χ1) is 13.0. The summed E-state index contributed by atoms with van der Waals surface area (Å²) in [5.41, 5.74) is 2.23. The Morgan fingerprint density at radius 2 is 1.78 bits per heavy atom. The Balaban J connectivity index is 1.50. The summed E-state index contributed by atoms with van der Waals surface area (Å²) in [7, 11) is 0. The zero-order chi connectivity index (χ0) is 19.2. The smallest absolute Gasteiger partial charge is 0.238 e. The number of benzene rings is 2. The van der Waals surface area contributed by atoms with Gasteiger partial charge in [0.05, 0.1) is 6.54 Å². The fourth-order valence-electron chi connectivity index (χ4n) is 3.32. The third-order valence-electron chi connectivity index (χ3n) is 4.87. The van der Waals surface area contributed by atoms with Crippen LogP contribution in [0.3, 0.4) is 0 Å². The molecule has 1 saturated heterocycles. The molecule has 4 nitrogen and oxygen atoms in total. The maximum absolute atomic E-state index is 13.8. The molecule has 144 valence electrons. The van der Waals surface area contributed by atoms with Gasteiger partial charge in [-0.3, -0.25) is 4.79 Å². The quantitative estimate of drug-likeness (QED) is 0.796. The lowest BCUT2D eigenvalue weighted by Crippen LogP contribution is -2.30. The molecule has 1 aliphatic rings. The molecule has 1 amide bonds. The summed E-state index contributed by atoms with van der Waals surface area (Å²) in [5.74, 6) is -1.45. The summed E-state index contributed by atoms with van der Waals surface area (Å²) in [5, 5.41) is 5.79. The van der Waals surface area contributed by atoms with E-state index in [2.05, 4.69) is 15.5 Å². The molecule has 0 aliphatic carbocycles. The highest BCUT2D eigenvalue weighted by Crippen LogP contribution is 2.22. The Morgan fingerprint density at radius 3 is 2.44 bits per heavy atom. The van der Waals surface area contributed by atoms with Gasteiger partial charge in [-0.15, -0.1) is 0 Å². The highest BCUT2D eigenvalue weighted by atomic mass is 19.1. The van der Waals surface area contributed by atoms with Gasteiger partial charge in [-0.2, -0.15) is 0 Å². The number of amides is 1. The van der Waals surface area contributed by atoms with E-state index in [0.717, 1.165) is 24.8 Å². The standard InChI is InChI=1S/C21H25F2N3O/c1-15(19-10-5-16(22)13-20(19)23)24-14-21(27)25-17-6-8-18(9-7-17)26-11-3-2-4-12-26/h5-10,13,15,24H,2-4,11-12,14H2,1H3,(H,25,27)/t15-/m1/s1. The molecule has 1 aliphatic heterocycles. The van der Waals surface area contributed by atoms with Gasteiger partial charge in [0.15, 0.2) is 0 Å². The topological polar surface area (TPSA) is 44.4 Å². The van der Waals surface area contributed by atoms with Crippen molar-refractivity contribution in [1.29, 1.82) is 0 Å². The van der Waals surface area contributed by atoms with Crippen LogP contribution in [0.1, 0.15) is 37.8 Å². The molecule has 6 heteroatoms. The number of halogens is 2. The number of rotatable bonds is 6. The van der Waals surface area contributed by atoms with Crippen LogP contribution in [-0.4, -0.2) is 25.5 Å². The van der Waals surface area contributed by atoms with E-state index in [9.17, 15) is 13.6 Å². The molecule has 0 unspecified atom stereocenters. The van der Waals surface area contributed by atoms with E-state index in [0.29, 0.717) is 5.56 Å². The molecule has 0 saturated carbocycles. The van der Waals surface area contributed by atoms with Gasteiger partial charge >= 0.3 is 0 Å². The highest BCUT2D eigenvalue weighted by Gasteiger charge is 2.14. The predicted molar refractivity (Wildman–Crippen MR) is 104 cm³/mol. The summed E-state index contributed by atoms with van der Waals surface area (Å²) in [6.07, 6.45) is 3.73. The van der Waals surface area contributed by atoms with Crippen molar-refractivity contribution in [3.05, 3.63) is 59.7 Å². The van der Waals surface area contributed by atoms with Crippen molar-refractivity contribution in [3.8, 4) is 0 Å². The molecule has 0 radical (unpaired) electrons. The summed E-state index contributed by atoms with van der Waals surface area (Å²) < 4.78 is 26.8. The number of hydrogen-bond donors (Lipinski definition) is 2. The van der Waals surface area contributed by atoms with Crippen LogP contribution in [0.15, 0.2) is 42.5 Å². The third-order valence-corrected chi connectivity index (χ3v) is 4.87. The van der Waals surface area contributed by atoms with E-state index < -0.39 is 17.7 Å². The molecule has 27 heavy (non-hydrogen) atoms. The molecule has 0 aromatic heterocycles. The number of anilines is 2. The van der Waals surface area contributed by atoms with Crippen LogP contribution in [-0.2, 0) is 4.79 Å². The Morgan fingerprint density at radius 1 is 1.07 bits per heavy atom. The monoisotopic (exact) mass is 373 g/mol. The van der Waals surface area contributed by atoms with Gasteiger partial charge in [-0.25, -0.2) is 8.78 Å². The van der Waals surface area contributed by atoms with Crippen LogP contribution >= 0.6 is 0 Å². The predicted octanol–water partition coefficient (Wildman–Crippen LogP) is 4.24. The lowest BCUT2D eigenvalue weighted by molar-refractivity contribution is -0.115. The fourth-order valence-corrected chi connectivity index (χ4v) is 3.32. The van der Waals surface area contributed by atoms with Gasteiger partial charge in [0.2, 0.25) is 5.91 Å². The van der Waals surface area contributed by atoms with Crippen LogP contribution in [0.4, 0.5) is 20.2 Å². The van der Waals surface area contributed by atoms with Crippen LogP contribution in [0, 0.1) is 11.6 Å². The zero-order valence-electron chi connectivity index (χ0n) is 15.5. The Bertz CT molecular complexity index is 773. The lowest BCUT2D eigenvalue weighted by atomic mass is 10.1. The largest absolute Gasteiger partial charge is 0.372 e. The average Bonchev–Trinajstić information content (AvgIpc) is 2.67. The van der Waals surface area contributed by atoms with Crippen molar-refractivity contribution in [2.75, 3.05) is 29.9 Å². The van der Waals surface area contributed by atoms with E-state index in [4.69, 9.17) is 0 Å². The van der Waals surface area contributed by atoms with Gasteiger partial charge in [0.25, 0.3) is 0 Å². The fraction of sp³-hybridized carbons (Fsp3) is 0.381. The Kier molecular flexibility index (Phi) is 6.40. The summed E-state index contributed by atoms with van der Waals surface area (Å²) in [6.45, 7) is 3.92. The zero-order valence-corrected chi connectivity index (χ0v) is 15.5. The van der Waals surface area contributed by atoms with E-state index in [1.165, 1.54) is 37.1 Å². The molecule has 2 aromatic rings. The van der Waals surface area contributed by atoms with E-state index in [1.54, 1.807) is 6.92 Å². The minimum Gasteiger partial charge on any atom is -0.372 e. The number of nitrogens with one attached hydrogen (secondary N) is 2. The van der Waals surface area contributed by atoms with Gasteiger partial charge in [0, 0.05) is 42.1 Å². The van der Waals surface area contributed by atoms with Crippen LogP contribution in [0.25, 0.3) is 0 Å². The van der Waals surface area contributed by atoms with Crippen molar-refractivity contribution in [3.63, 3.8) is 0 Å². The maximum atomic E-state index is 13.8. The van der Waals surface area contributed by atoms with Crippen LogP contribution < -0.4 is 15.5 Å². The molecular weight excluding hydrogens is 348 g/mol. The van der Waals surface area contributed by atoms with E-state index >= 15 is 0 Å². The molecule has 3 rings (SSSR count). The number of piperidine rings is 1. The summed E-state index contributed by atoms with van der Waals surface area (Å²) >= 11 is 0. The van der Waals surface area contributed by atoms with Gasteiger partial charge in [0.1, 0.15) is 11.6 Å². The van der Waals surface area contributed by atoms with Crippen LogP contribution in [0.2, 0.25) is 0 Å². The van der Waals surface area contributed by atoms with Crippen molar-refractivity contribution in [2.24, 2.45) is 0 Å². The number of nitrogens with zero attached hydrogens (tertiary/aromatic N) is 1. The first-order valence-electron chi connectivity index (χ1n) is 9.36. The minimum atomic E-state index is -0.622. The number of hydrogen-bond acceptors (Lipinski definition) is 3. The SMILES string of the molecule is C[C@@H](NCC(=O)Nc1ccc(N2CCCCC2)cc1)c1ccc(F)cc1F. The second kappa shape index (κ2) is 8.95. The van der Waals surface area contributed by atoms with Crippen molar-refractivity contribution < 1.29 is 13.6 Å². The van der Waals surface area contributed by atoms with Crippen molar-refractivity contribution >= 4 is 17.3 Å². The molecular formula is C21H25F2N3O. The highest BCUT2D eigenvalue weighted by molar-refractivity contribution is 5.92. The first kappa shape index (κ1) is 19.3. The molecule has 1 fully saturated rings. The van der Waals surface area contributed by atoms with Crippen LogP contribution in [0.5, 0.6) is 0 Å². The Hall–Kier alpha value is -2.47. The average molecular weight is 373 g/mol. The molecule has 2 aromatic carbocycles. The second-order valence-electron chi connectivity index (χ2n) is 6.91. The van der Waals surface area contributed by atoms with Gasteiger partial charge in [-0.05, 0) is 56.5 Å². The Labute approximate surface area is 158 Å². The lowest BCUT2D eigenvalue weighted by Gasteiger charge is -2.28. The van der Waals surface area contributed by atoms with Gasteiger partial charge < -0.3 is 15.5 Å². The molecule has 0 spiro atoms. The summed E-state index contributed by atoms with van der Waals surface area (Å²) in [4.78, 5) is 14.5. The second-order valence-corrected chi connectivity index (χ2v) is 6.91. The molecule has 0 bridgehead atoms. The normalized spacial score (nSPS) is 15.4. The maximum Gasteiger partial charge on any atom is 0.238 e. The number of carbonyl (C=O) groups excluding carboxylic acids is 1. The number of carbonyl (C=O) groups is 1. The minimum absolute atomic E-state index is 0.0336.